The fraction of sp³-hybridized carbons (Fsp3) is 0.194. The minimum absolute atomic E-state index is 0.201. The standard InChI is InChI=1S/2C24H21BrN2O3S.3C20H21BrN2O3S/c25-20-10-7-18(8-11-20)9-16-24(28)26-21-12-14-22(15-13-21)31(29,30)27-17-3-5-19-4-1-2-6-23(19)27;25-21-8-5-18(6-9-21)7-14-24(28)26-22-10-12-23(13-11-22)31(29,30)27-16-15-19-3-1-2-4-20(19)17-27;21-19-7-3-2-6-16(19)8-13-20(24)22-17-9-11-18(12-10-17)27(25,26)23-14-4-1-5-15-23;21-17-7-4-16(5-8-17)6-13-20(24)22-18-9-11-19(12-10-18)27(25,26)23-14-2-1-3-15-23;21-17-6-4-5-16(15-17)7-12-20(24)22-18-8-10-19(11-9-18)27(25,26)23-13-2-1-3-14-23/h1-2,4,6-16H,3,5,17H2,(H,26,28);1-14H,15-17H2,(H,26,28);2-3,6-13H,1,4-5,14-15H2,(H,22,24);4-13H,1-3,14-15H2,(H,22,24);4-12,15H,1-3,13-14H2,(H,22,24)/b16-9+;14-7+;13-8+;13-6+;12-7+. The van der Waals surface area contributed by atoms with Gasteiger partial charge in [-0.05, 0) is 315 Å². The molecule has 0 aromatic heterocycles. The largest absolute Gasteiger partial charge is 0.323 e. The van der Waals surface area contributed by atoms with Crippen molar-refractivity contribution in [1.82, 2.24) is 17.2 Å². The highest BCUT2D eigenvalue weighted by Gasteiger charge is 2.33. The molecule has 5 N–H and O–H groups in total. The van der Waals surface area contributed by atoms with E-state index in [9.17, 15) is 66.1 Å². The molecule has 0 atom stereocenters. The second kappa shape index (κ2) is 52.3. The van der Waals surface area contributed by atoms with E-state index < -0.39 is 50.1 Å². The van der Waals surface area contributed by atoms with Gasteiger partial charge in [0.15, 0.2) is 0 Å². The molecule has 0 bridgehead atoms. The number of carbonyl (C=O) groups excluding carboxylic acids is 5. The van der Waals surface area contributed by atoms with Gasteiger partial charge in [-0.2, -0.15) is 17.2 Å². The maximum atomic E-state index is 13.2. The molecule has 25 nitrogen and oxygen atoms in total. The summed E-state index contributed by atoms with van der Waals surface area (Å²) in [6, 6.07) is 85.0. The number of rotatable bonds is 25. The lowest BCUT2D eigenvalue weighted by Crippen LogP contribution is -2.35. The zero-order valence-electron chi connectivity index (χ0n) is 77.6. The predicted molar refractivity (Wildman–Crippen MR) is 586 cm³/mol. The highest BCUT2D eigenvalue weighted by atomic mass is 79.9. The molecule has 742 valence electrons. The lowest BCUT2D eigenvalue weighted by molar-refractivity contribution is -0.112. The van der Waals surface area contributed by atoms with Crippen LogP contribution in [0.15, 0.2) is 368 Å². The van der Waals surface area contributed by atoms with Crippen molar-refractivity contribution in [3.05, 3.63) is 388 Å². The average molecular weight is 2340 g/mol. The number of benzene rings is 12. The van der Waals surface area contributed by atoms with Gasteiger partial charge < -0.3 is 26.6 Å². The Kier molecular flexibility index (Phi) is 39.8. The third-order valence-electron chi connectivity index (χ3n) is 23.3. The number of nitrogens with one attached hydrogen (secondary N) is 5. The Hall–Kier alpha value is -11.5. The Bertz CT molecular complexity index is 7220. The minimum atomic E-state index is -3.67. The fourth-order valence-corrected chi connectivity index (χ4v) is 24.9. The van der Waals surface area contributed by atoms with Gasteiger partial charge in [0.2, 0.25) is 69.6 Å². The van der Waals surface area contributed by atoms with Crippen LogP contribution in [0.2, 0.25) is 0 Å². The van der Waals surface area contributed by atoms with E-state index in [0.717, 1.165) is 138 Å². The van der Waals surface area contributed by atoms with E-state index in [-0.39, 0.29) is 54.0 Å². The summed E-state index contributed by atoms with van der Waals surface area (Å²) < 4.78 is 141. The first-order chi connectivity index (χ1) is 68.7. The highest BCUT2D eigenvalue weighted by Crippen LogP contribution is 2.35. The predicted octanol–water partition coefficient (Wildman–Crippen LogP) is 22.9. The molecule has 17 rings (SSSR count). The van der Waals surface area contributed by atoms with E-state index >= 15 is 0 Å². The molecule has 143 heavy (non-hydrogen) atoms. The molecular formula is C108H105Br5N10O15S5. The molecule has 3 fully saturated rings. The molecule has 0 radical (unpaired) electrons. The van der Waals surface area contributed by atoms with Crippen LogP contribution in [0.1, 0.15) is 109 Å². The lowest BCUT2D eigenvalue weighted by Gasteiger charge is -2.30. The van der Waals surface area contributed by atoms with Crippen molar-refractivity contribution < 1.29 is 66.1 Å². The van der Waals surface area contributed by atoms with Crippen LogP contribution in [0.5, 0.6) is 0 Å². The summed E-state index contributed by atoms with van der Waals surface area (Å²) in [5, 5.41) is 13.7. The van der Waals surface area contributed by atoms with Gasteiger partial charge >= 0.3 is 0 Å². The first-order valence-electron chi connectivity index (χ1n) is 46.1. The molecule has 12 aromatic rings. The second-order valence-corrected chi connectivity index (χ2v) is 47.7. The third-order valence-corrected chi connectivity index (χ3v) is 35.6. The van der Waals surface area contributed by atoms with Crippen molar-refractivity contribution in [1.29, 1.82) is 0 Å². The van der Waals surface area contributed by atoms with Gasteiger partial charge in [0, 0.05) is 140 Å². The molecule has 5 aliphatic heterocycles. The Balaban J connectivity index is 0.000000150. The number of piperidine rings is 3. The summed E-state index contributed by atoms with van der Waals surface area (Å²) in [4.78, 5) is 61.7. The molecule has 35 heteroatoms. The van der Waals surface area contributed by atoms with Crippen LogP contribution in [0.25, 0.3) is 30.4 Å². The quantitative estimate of drug-likeness (QED) is 0.0332. The average Bonchev–Trinajstić information content (AvgIpc) is 0.774. The van der Waals surface area contributed by atoms with Crippen LogP contribution in [0.3, 0.4) is 0 Å². The molecule has 0 spiro atoms. The van der Waals surface area contributed by atoms with Crippen molar-refractivity contribution in [2.24, 2.45) is 0 Å². The molecular weight excluding hydrogens is 2240 g/mol. The maximum Gasteiger partial charge on any atom is 0.264 e. The molecule has 0 saturated carbocycles. The molecule has 3 saturated heterocycles. The number of carbonyl (C=O) groups is 5. The number of hydrogen-bond acceptors (Lipinski definition) is 15. The summed E-state index contributed by atoms with van der Waals surface area (Å²) in [7, 11) is -17.6. The normalized spacial score (nSPS) is 15.0. The number of halogens is 5. The van der Waals surface area contributed by atoms with E-state index in [1.165, 1.54) is 118 Å². The maximum absolute atomic E-state index is 13.2. The molecule has 5 amide bonds. The van der Waals surface area contributed by atoms with E-state index in [1.807, 2.05) is 170 Å². The number of anilines is 6. The number of para-hydroxylation sites is 1. The van der Waals surface area contributed by atoms with Crippen LogP contribution in [0, 0.1) is 0 Å². The Morgan fingerprint density at radius 2 is 0.552 bits per heavy atom. The first kappa shape index (κ1) is 109. The first-order valence-corrected chi connectivity index (χ1v) is 57.3. The molecule has 12 aromatic carbocycles. The van der Waals surface area contributed by atoms with E-state index in [4.69, 9.17) is 0 Å². The van der Waals surface area contributed by atoms with Crippen molar-refractivity contribution in [3.8, 4) is 0 Å². The van der Waals surface area contributed by atoms with Gasteiger partial charge in [0.05, 0.1) is 30.2 Å². The third kappa shape index (κ3) is 32.0. The van der Waals surface area contributed by atoms with E-state index in [2.05, 4.69) is 106 Å². The van der Waals surface area contributed by atoms with Gasteiger partial charge in [-0.1, -0.05) is 208 Å². The summed E-state index contributed by atoms with van der Waals surface area (Å²) in [6.45, 7) is 4.71. The Morgan fingerprint density at radius 3 is 0.909 bits per heavy atom. The van der Waals surface area contributed by atoms with Crippen molar-refractivity contribution in [2.75, 3.05) is 83.2 Å². The van der Waals surface area contributed by atoms with Crippen LogP contribution in [-0.2, 0) is 93.5 Å². The highest BCUT2D eigenvalue weighted by molar-refractivity contribution is 9.11. The summed E-state index contributed by atoms with van der Waals surface area (Å²) >= 11 is 16.9. The minimum Gasteiger partial charge on any atom is -0.323 e. The zero-order valence-corrected chi connectivity index (χ0v) is 89.6. The van der Waals surface area contributed by atoms with Crippen molar-refractivity contribution in [2.45, 2.75) is 108 Å². The van der Waals surface area contributed by atoms with Crippen molar-refractivity contribution in [3.63, 3.8) is 0 Å². The molecule has 5 aliphatic rings. The zero-order chi connectivity index (χ0) is 102. The topological polar surface area (TPSA) is 332 Å². The monoisotopic (exact) mass is 2340 g/mol. The number of sulfonamides is 5. The number of amides is 5. The van der Waals surface area contributed by atoms with Crippen LogP contribution in [-0.4, -0.2) is 141 Å². The Morgan fingerprint density at radius 1 is 0.245 bits per heavy atom. The van der Waals surface area contributed by atoms with Gasteiger partial charge in [-0.25, -0.2) is 42.1 Å². The fourth-order valence-electron chi connectivity index (χ4n) is 15.7. The van der Waals surface area contributed by atoms with Crippen LogP contribution >= 0.6 is 79.6 Å². The van der Waals surface area contributed by atoms with Gasteiger partial charge in [0.25, 0.3) is 10.0 Å². The lowest BCUT2D eigenvalue weighted by atomic mass is 10.0. The van der Waals surface area contributed by atoms with Gasteiger partial charge in [-0.3, -0.25) is 28.3 Å². The molecule has 5 heterocycles. The summed E-state index contributed by atoms with van der Waals surface area (Å²) in [6.07, 6.45) is 26.8. The van der Waals surface area contributed by atoms with Gasteiger partial charge in [0.1, 0.15) is 0 Å². The number of nitrogens with zero attached hydrogens (tertiary/aromatic N) is 5. The van der Waals surface area contributed by atoms with E-state index in [1.54, 1.807) is 91.0 Å². The summed E-state index contributed by atoms with van der Waals surface area (Å²) in [5.74, 6) is -1.40. The van der Waals surface area contributed by atoms with Gasteiger partial charge in [-0.15, -0.1) is 0 Å². The number of fused-ring (bicyclic) bond motifs is 2. The van der Waals surface area contributed by atoms with Crippen molar-refractivity contribution >= 4 is 224 Å². The number of aryl methyl sites for hydroxylation is 1. The van der Waals surface area contributed by atoms with Crippen LogP contribution < -0.4 is 30.9 Å². The second-order valence-electron chi connectivity index (χ2n) is 33.5. The molecule has 0 aliphatic carbocycles. The smallest absolute Gasteiger partial charge is 0.264 e. The Labute approximate surface area is 878 Å². The SMILES string of the molecule is O=C(/C=C/c1ccc(Br)cc1)Nc1ccc(S(=O)(=O)N2CCCCC2)cc1.O=C(/C=C/c1ccc(Br)cc1)Nc1ccc(S(=O)(=O)N2CCCc3ccccc32)cc1.O=C(/C=C/c1ccc(Br)cc1)Nc1ccc(S(=O)(=O)N2CCc3ccccc3C2)cc1.O=C(/C=C/c1cccc(Br)c1)Nc1ccc(S(=O)(=O)N2CCCCC2)cc1.O=C(/C=C/c1ccccc1Br)Nc1ccc(S(=O)(=O)N2CCCCC2)cc1. The van der Waals surface area contributed by atoms with Crippen LogP contribution in [0.4, 0.5) is 34.1 Å². The number of hydrogen-bond donors (Lipinski definition) is 5. The molecule has 0 unspecified atom stereocenters. The van der Waals surface area contributed by atoms with E-state index in [0.29, 0.717) is 93.8 Å². The summed E-state index contributed by atoms with van der Waals surface area (Å²) in [5.41, 5.74) is 11.3.